The summed E-state index contributed by atoms with van der Waals surface area (Å²) in [5.41, 5.74) is 0. The van der Waals surface area contributed by atoms with Gasteiger partial charge in [0.05, 0.1) is 6.10 Å². The second kappa shape index (κ2) is 6.51. The van der Waals surface area contributed by atoms with Crippen LogP contribution in [0.1, 0.15) is 32.6 Å². The van der Waals surface area contributed by atoms with E-state index in [4.69, 9.17) is 0 Å². The average molecular weight is 299 g/mol. The van der Waals surface area contributed by atoms with Crippen molar-refractivity contribution in [1.29, 1.82) is 0 Å². The van der Waals surface area contributed by atoms with Crippen LogP contribution in [0.2, 0.25) is 0 Å². The van der Waals surface area contributed by atoms with E-state index in [1.165, 1.54) is 0 Å². The predicted octanol–water partition coefficient (Wildman–Crippen LogP) is 1.10. The molecule has 0 aliphatic heterocycles. The van der Waals surface area contributed by atoms with E-state index < -0.39 is 10.0 Å². The molecule has 0 saturated heterocycles. The molecule has 0 bridgehead atoms. The maximum absolute atomic E-state index is 12.4. The smallest absolute Gasteiger partial charge is 0.244 e. The first-order valence-electron chi connectivity index (χ1n) is 6.92. The topological polar surface area (TPSA) is 91.3 Å². The number of aromatic nitrogens is 1. The van der Waals surface area contributed by atoms with Crippen LogP contribution < -0.4 is 10.0 Å². The highest BCUT2D eigenvalue weighted by atomic mass is 32.2. The van der Waals surface area contributed by atoms with Crippen LogP contribution in [0.4, 0.5) is 5.82 Å². The van der Waals surface area contributed by atoms with Gasteiger partial charge >= 0.3 is 0 Å². The molecule has 0 unspecified atom stereocenters. The Morgan fingerprint density at radius 2 is 2.05 bits per heavy atom. The molecule has 7 heteroatoms. The van der Waals surface area contributed by atoms with Crippen LogP contribution in [-0.4, -0.2) is 37.2 Å². The van der Waals surface area contributed by atoms with Crippen molar-refractivity contribution in [3.63, 3.8) is 0 Å². The normalized spacial score (nSPS) is 23.5. The van der Waals surface area contributed by atoms with E-state index in [1.54, 1.807) is 18.3 Å². The van der Waals surface area contributed by atoms with Crippen molar-refractivity contribution in [1.82, 2.24) is 9.71 Å². The Morgan fingerprint density at radius 1 is 1.35 bits per heavy atom. The molecule has 0 aromatic carbocycles. The summed E-state index contributed by atoms with van der Waals surface area (Å²) < 4.78 is 27.6. The molecule has 1 saturated carbocycles. The first kappa shape index (κ1) is 15.2. The molecule has 0 amide bonds. The van der Waals surface area contributed by atoms with Crippen molar-refractivity contribution in [2.75, 3.05) is 11.9 Å². The largest absolute Gasteiger partial charge is 0.393 e. The summed E-state index contributed by atoms with van der Waals surface area (Å²) in [7, 11) is -3.59. The molecule has 20 heavy (non-hydrogen) atoms. The number of aliphatic hydroxyl groups excluding tert-OH is 1. The molecule has 0 spiro atoms. The molecule has 1 aromatic heterocycles. The fraction of sp³-hybridized carbons (Fsp3) is 0.615. The molecular formula is C13H21N3O3S. The van der Waals surface area contributed by atoms with Crippen molar-refractivity contribution >= 4 is 15.8 Å². The Hall–Kier alpha value is -1.18. The number of nitrogens with zero attached hydrogens (tertiary/aromatic N) is 1. The summed E-state index contributed by atoms with van der Waals surface area (Å²) in [5, 5.41) is 12.4. The number of nitrogens with one attached hydrogen (secondary N) is 2. The number of hydrogen-bond donors (Lipinski definition) is 3. The van der Waals surface area contributed by atoms with Gasteiger partial charge in [-0.1, -0.05) is 0 Å². The highest BCUT2D eigenvalue weighted by molar-refractivity contribution is 7.89. The fourth-order valence-electron chi connectivity index (χ4n) is 2.38. The van der Waals surface area contributed by atoms with Gasteiger partial charge in [0, 0.05) is 18.8 Å². The Balaban J connectivity index is 2.14. The molecule has 1 fully saturated rings. The summed E-state index contributed by atoms with van der Waals surface area (Å²) in [6.07, 6.45) is 3.87. The monoisotopic (exact) mass is 299 g/mol. The van der Waals surface area contributed by atoms with E-state index in [0.29, 0.717) is 38.0 Å². The lowest BCUT2D eigenvalue weighted by Crippen LogP contribution is -2.38. The maximum atomic E-state index is 12.4. The molecule has 112 valence electrons. The molecule has 0 atom stereocenters. The SMILES string of the molecule is CCNc1ncccc1S(=O)(=O)NC1CCC(O)CC1. The van der Waals surface area contributed by atoms with Gasteiger partial charge < -0.3 is 10.4 Å². The Morgan fingerprint density at radius 3 is 2.70 bits per heavy atom. The highest BCUT2D eigenvalue weighted by Gasteiger charge is 2.26. The third kappa shape index (κ3) is 3.68. The van der Waals surface area contributed by atoms with Gasteiger partial charge in [-0.15, -0.1) is 0 Å². The van der Waals surface area contributed by atoms with Crippen molar-refractivity contribution in [2.24, 2.45) is 0 Å². The minimum absolute atomic E-state index is 0.113. The van der Waals surface area contributed by atoms with Crippen LogP contribution >= 0.6 is 0 Å². The van der Waals surface area contributed by atoms with Crippen molar-refractivity contribution < 1.29 is 13.5 Å². The highest BCUT2D eigenvalue weighted by Crippen LogP contribution is 2.23. The van der Waals surface area contributed by atoms with Crippen LogP contribution in [0, 0.1) is 0 Å². The first-order valence-corrected chi connectivity index (χ1v) is 8.40. The number of rotatable bonds is 5. The minimum Gasteiger partial charge on any atom is -0.393 e. The van der Waals surface area contributed by atoms with Gasteiger partial charge in [-0.25, -0.2) is 18.1 Å². The number of hydrogen-bond acceptors (Lipinski definition) is 5. The summed E-state index contributed by atoms with van der Waals surface area (Å²) in [5.74, 6) is 0.373. The van der Waals surface area contributed by atoms with Gasteiger partial charge in [-0.2, -0.15) is 0 Å². The zero-order chi connectivity index (χ0) is 14.6. The second-order valence-corrected chi connectivity index (χ2v) is 6.69. The van der Waals surface area contributed by atoms with Crippen LogP contribution in [-0.2, 0) is 10.0 Å². The third-order valence-corrected chi connectivity index (χ3v) is 4.98. The van der Waals surface area contributed by atoms with E-state index in [1.807, 2.05) is 6.92 Å². The van der Waals surface area contributed by atoms with E-state index in [0.717, 1.165) is 0 Å². The lowest BCUT2D eigenvalue weighted by atomic mass is 9.94. The quantitative estimate of drug-likeness (QED) is 0.757. The maximum Gasteiger partial charge on any atom is 0.244 e. The van der Waals surface area contributed by atoms with Crippen molar-refractivity contribution in [2.45, 2.75) is 49.6 Å². The van der Waals surface area contributed by atoms with E-state index >= 15 is 0 Å². The average Bonchev–Trinajstić information content (AvgIpc) is 2.42. The van der Waals surface area contributed by atoms with Gasteiger partial charge in [0.2, 0.25) is 10.0 Å². The lowest BCUT2D eigenvalue weighted by Gasteiger charge is -2.26. The van der Waals surface area contributed by atoms with Crippen LogP contribution in [0.5, 0.6) is 0 Å². The van der Waals surface area contributed by atoms with Crippen molar-refractivity contribution in [3.8, 4) is 0 Å². The molecule has 1 aromatic rings. The Labute approximate surface area is 119 Å². The molecule has 6 nitrogen and oxygen atoms in total. The summed E-state index contributed by atoms with van der Waals surface area (Å²) in [6, 6.07) is 3.04. The van der Waals surface area contributed by atoms with E-state index in [-0.39, 0.29) is 17.0 Å². The Kier molecular flexibility index (Phi) is 4.95. The minimum atomic E-state index is -3.59. The molecular weight excluding hydrogens is 278 g/mol. The molecule has 2 rings (SSSR count). The zero-order valence-corrected chi connectivity index (χ0v) is 12.4. The van der Waals surface area contributed by atoms with Gasteiger partial charge in [0.25, 0.3) is 0 Å². The standard InChI is InChI=1S/C13H21N3O3S/c1-2-14-13-12(4-3-9-15-13)20(18,19)16-10-5-7-11(17)8-6-10/h3-4,9-11,16-17H,2,5-8H2,1H3,(H,14,15). The molecule has 3 N–H and O–H groups in total. The van der Waals surface area contributed by atoms with Crippen LogP contribution in [0.15, 0.2) is 23.2 Å². The number of sulfonamides is 1. The van der Waals surface area contributed by atoms with Gasteiger partial charge in [0.15, 0.2) is 0 Å². The van der Waals surface area contributed by atoms with Gasteiger partial charge in [-0.3, -0.25) is 0 Å². The fourth-order valence-corrected chi connectivity index (χ4v) is 3.82. The van der Waals surface area contributed by atoms with E-state index in [9.17, 15) is 13.5 Å². The number of aliphatic hydroxyl groups is 1. The molecule has 1 heterocycles. The second-order valence-electron chi connectivity index (χ2n) is 5.01. The van der Waals surface area contributed by atoms with E-state index in [2.05, 4.69) is 15.0 Å². The molecule has 0 radical (unpaired) electrons. The Bertz CT molecular complexity index is 540. The summed E-state index contributed by atoms with van der Waals surface area (Å²) in [4.78, 5) is 4.24. The molecule has 1 aliphatic carbocycles. The number of anilines is 1. The van der Waals surface area contributed by atoms with Gasteiger partial charge in [0.1, 0.15) is 10.7 Å². The third-order valence-electron chi connectivity index (χ3n) is 3.42. The molecule has 1 aliphatic rings. The summed E-state index contributed by atoms with van der Waals surface area (Å²) in [6.45, 7) is 2.50. The van der Waals surface area contributed by atoms with Crippen LogP contribution in [0.3, 0.4) is 0 Å². The van der Waals surface area contributed by atoms with Crippen LogP contribution in [0.25, 0.3) is 0 Å². The lowest BCUT2D eigenvalue weighted by molar-refractivity contribution is 0.120. The zero-order valence-electron chi connectivity index (χ0n) is 11.5. The number of pyridine rings is 1. The van der Waals surface area contributed by atoms with Gasteiger partial charge in [-0.05, 0) is 44.7 Å². The van der Waals surface area contributed by atoms with Crippen molar-refractivity contribution in [3.05, 3.63) is 18.3 Å². The predicted molar refractivity (Wildman–Crippen MR) is 77.0 cm³/mol. The summed E-state index contributed by atoms with van der Waals surface area (Å²) >= 11 is 0. The first-order chi connectivity index (χ1) is 9.53.